The number of nitrogens with zero attached hydrogens (tertiary/aromatic N) is 2. The maximum atomic E-state index is 5.70. The van der Waals surface area contributed by atoms with Crippen LogP contribution in [0.3, 0.4) is 0 Å². The van der Waals surface area contributed by atoms with Crippen molar-refractivity contribution in [2.45, 2.75) is 13.8 Å². The summed E-state index contributed by atoms with van der Waals surface area (Å²) < 4.78 is 5.29. The highest BCUT2D eigenvalue weighted by molar-refractivity contribution is 5.51. The maximum Gasteiger partial charge on any atom is 0.128 e. The second-order valence-corrected chi connectivity index (χ2v) is 3.52. The lowest BCUT2D eigenvalue weighted by Crippen LogP contribution is -2.23. The molecule has 0 bridgehead atoms. The molecule has 0 radical (unpaired) electrons. The number of hydrogen-bond acceptors (Lipinski definition) is 4. The van der Waals surface area contributed by atoms with E-state index in [1.165, 1.54) is 0 Å². The molecule has 1 aromatic rings. The van der Waals surface area contributed by atoms with Crippen LogP contribution in [0, 0.1) is 6.92 Å². The van der Waals surface area contributed by atoms with Crippen molar-refractivity contribution >= 4 is 11.5 Å². The molecule has 1 heterocycles. The van der Waals surface area contributed by atoms with Gasteiger partial charge in [-0.05, 0) is 25.5 Å². The number of likely N-dealkylation sites (N-methyl/N-ethyl adjacent to an activating group) is 1. The molecular formula is C11H19N3O. The molecule has 4 nitrogen and oxygen atoms in total. The average Bonchev–Trinajstić information content (AvgIpc) is 2.22. The summed E-state index contributed by atoms with van der Waals surface area (Å²) >= 11 is 0. The number of pyridine rings is 1. The van der Waals surface area contributed by atoms with E-state index in [0.717, 1.165) is 36.8 Å². The first-order valence-electron chi connectivity index (χ1n) is 5.16. The molecule has 0 aliphatic carbocycles. The van der Waals surface area contributed by atoms with Crippen molar-refractivity contribution < 1.29 is 4.74 Å². The number of aromatic nitrogens is 1. The third kappa shape index (κ3) is 3.40. The number of aryl methyl sites for hydroxylation is 1. The van der Waals surface area contributed by atoms with Gasteiger partial charge in [0.15, 0.2) is 0 Å². The molecule has 0 unspecified atom stereocenters. The van der Waals surface area contributed by atoms with Crippen LogP contribution in [0.4, 0.5) is 11.5 Å². The molecule has 4 heteroatoms. The fourth-order valence-electron chi connectivity index (χ4n) is 1.22. The lowest BCUT2D eigenvalue weighted by molar-refractivity contribution is 0.154. The number of nitrogens with two attached hydrogens (primary N) is 1. The predicted octanol–water partition coefficient (Wildman–Crippen LogP) is 1.44. The zero-order valence-electron chi connectivity index (χ0n) is 9.66. The lowest BCUT2D eigenvalue weighted by Gasteiger charge is -2.18. The summed E-state index contributed by atoms with van der Waals surface area (Å²) in [7, 11) is 2.00. The van der Waals surface area contributed by atoms with Gasteiger partial charge >= 0.3 is 0 Å². The van der Waals surface area contributed by atoms with Gasteiger partial charge in [-0.3, -0.25) is 0 Å². The van der Waals surface area contributed by atoms with E-state index in [-0.39, 0.29) is 0 Å². The van der Waals surface area contributed by atoms with Crippen LogP contribution in [-0.4, -0.2) is 31.8 Å². The number of nitrogen functional groups attached to an aromatic ring is 1. The van der Waals surface area contributed by atoms with Crippen molar-refractivity contribution in [2.24, 2.45) is 0 Å². The first-order valence-corrected chi connectivity index (χ1v) is 5.16. The monoisotopic (exact) mass is 209 g/mol. The third-order valence-electron chi connectivity index (χ3n) is 2.30. The van der Waals surface area contributed by atoms with E-state index in [0.29, 0.717) is 0 Å². The molecule has 0 aliphatic rings. The van der Waals surface area contributed by atoms with Gasteiger partial charge in [-0.1, -0.05) is 0 Å². The van der Waals surface area contributed by atoms with E-state index in [2.05, 4.69) is 9.88 Å². The molecule has 0 amide bonds. The number of ether oxygens (including phenoxy) is 1. The minimum Gasteiger partial charge on any atom is -0.397 e. The van der Waals surface area contributed by atoms with Crippen LogP contribution in [0.25, 0.3) is 0 Å². The minimum atomic E-state index is 0.720. The van der Waals surface area contributed by atoms with Crippen molar-refractivity contribution in [3.63, 3.8) is 0 Å². The topological polar surface area (TPSA) is 51.4 Å². The highest BCUT2D eigenvalue weighted by Gasteiger charge is 2.03. The SMILES string of the molecule is CCOCCN(C)c1cc(C)c(N)cn1. The van der Waals surface area contributed by atoms with E-state index >= 15 is 0 Å². The predicted molar refractivity (Wildman–Crippen MR) is 63.1 cm³/mol. The quantitative estimate of drug-likeness (QED) is 0.746. The van der Waals surface area contributed by atoms with Gasteiger partial charge in [0.25, 0.3) is 0 Å². The Labute approximate surface area is 91.1 Å². The highest BCUT2D eigenvalue weighted by atomic mass is 16.5. The summed E-state index contributed by atoms with van der Waals surface area (Å²) in [5.74, 6) is 0.932. The molecule has 15 heavy (non-hydrogen) atoms. The molecule has 0 saturated heterocycles. The third-order valence-corrected chi connectivity index (χ3v) is 2.30. The van der Waals surface area contributed by atoms with E-state index < -0.39 is 0 Å². The van der Waals surface area contributed by atoms with Gasteiger partial charge in [0.05, 0.1) is 18.5 Å². The van der Waals surface area contributed by atoms with E-state index in [4.69, 9.17) is 10.5 Å². The molecule has 1 rings (SSSR count). The van der Waals surface area contributed by atoms with Gasteiger partial charge in [0, 0.05) is 20.2 Å². The molecule has 0 aliphatic heterocycles. The van der Waals surface area contributed by atoms with Crippen LogP contribution >= 0.6 is 0 Å². The normalized spacial score (nSPS) is 10.3. The Morgan fingerprint density at radius 3 is 2.87 bits per heavy atom. The van der Waals surface area contributed by atoms with Gasteiger partial charge in [-0.2, -0.15) is 0 Å². The second-order valence-electron chi connectivity index (χ2n) is 3.52. The molecule has 2 N–H and O–H groups in total. The number of anilines is 2. The summed E-state index contributed by atoms with van der Waals surface area (Å²) in [6.45, 7) is 6.28. The van der Waals surface area contributed by atoms with Crippen LogP contribution < -0.4 is 10.6 Å². The molecule has 0 fully saturated rings. The highest BCUT2D eigenvalue weighted by Crippen LogP contribution is 2.15. The van der Waals surface area contributed by atoms with Crippen LogP contribution in [0.2, 0.25) is 0 Å². The van der Waals surface area contributed by atoms with Crippen molar-refractivity contribution in [3.8, 4) is 0 Å². The Morgan fingerprint density at radius 2 is 2.27 bits per heavy atom. The summed E-state index contributed by atoms with van der Waals surface area (Å²) in [5.41, 5.74) is 7.50. The number of hydrogen-bond donors (Lipinski definition) is 1. The van der Waals surface area contributed by atoms with Gasteiger partial charge in [0.1, 0.15) is 5.82 Å². The first-order chi connectivity index (χ1) is 7.15. The zero-order valence-corrected chi connectivity index (χ0v) is 9.66. The van der Waals surface area contributed by atoms with Crippen molar-refractivity contribution in [1.29, 1.82) is 0 Å². The van der Waals surface area contributed by atoms with E-state index in [1.54, 1.807) is 6.20 Å². The number of rotatable bonds is 5. The summed E-state index contributed by atoms with van der Waals surface area (Å²) in [6, 6.07) is 1.99. The Hall–Kier alpha value is -1.29. The van der Waals surface area contributed by atoms with E-state index in [1.807, 2.05) is 27.0 Å². The van der Waals surface area contributed by atoms with Gasteiger partial charge < -0.3 is 15.4 Å². The van der Waals surface area contributed by atoms with Crippen LogP contribution in [0.15, 0.2) is 12.3 Å². The summed E-state index contributed by atoms with van der Waals surface area (Å²) in [5, 5.41) is 0. The Morgan fingerprint density at radius 1 is 1.53 bits per heavy atom. The lowest BCUT2D eigenvalue weighted by atomic mass is 10.2. The maximum absolute atomic E-state index is 5.70. The van der Waals surface area contributed by atoms with E-state index in [9.17, 15) is 0 Å². The molecule has 84 valence electrons. The zero-order chi connectivity index (χ0) is 11.3. The Balaban J connectivity index is 2.57. The minimum absolute atomic E-state index is 0.720. The van der Waals surface area contributed by atoms with Crippen molar-refractivity contribution in [3.05, 3.63) is 17.8 Å². The van der Waals surface area contributed by atoms with Gasteiger partial charge in [-0.25, -0.2) is 4.98 Å². The first kappa shape index (κ1) is 11.8. The van der Waals surface area contributed by atoms with Crippen LogP contribution in [-0.2, 0) is 4.74 Å². The standard InChI is InChI=1S/C11H19N3O/c1-4-15-6-5-14(3)11-7-9(2)10(12)8-13-11/h7-8H,4-6,12H2,1-3H3. The Kier molecular flexibility index (Phi) is 4.37. The van der Waals surface area contributed by atoms with Crippen molar-refractivity contribution in [1.82, 2.24) is 4.98 Å². The smallest absolute Gasteiger partial charge is 0.128 e. The average molecular weight is 209 g/mol. The fourth-order valence-corrected chi connectivity index (χ4v) is 1.22. The Bertz CT molecular complexity index is 315. The molecule has 1 aromatic heterocycles. The largest absolute Gasteiger partial charge is 0.397 e. The van der Waals surface area contributed by atoms with Crippen LogP contribution in [0.5, 0.6) is 0 Å². The second kappa shape index (κ2) is 5.56. The van der Waals surface area contributed by atoms with Crippen LogP contribution in [0.1, 0.15) is 12.5 Å². The molecule has 0 atom stereocenters. The molecule has 0 aromatic carbocycles. The van der Waals surface area contributed by atoms with Crippen molar-refractivity contribution in [2.75, 3.05) is 37.4 Å². The summed E-state index contributed by atoms with van der Waals surface area (Å²) in [6.07, 6.45) is 1.70. The molecule has 0 saturated carbocycles. The van der Waals surface area contributed by atoms with Gasteiger partial charge in [-0.15, -0.1) is 0 Å². The molecule has 0 spiro atoms. The summed E-state index contributed by atoms with van der Waals surface area (Å²) in [4.78, 5) is 6.32. The molecular weight excluding hydrogens is 190 g/mol. The fraction of sp³-hybridized carbons (Fsp3) is 0.545. The van der Waals surface area contributed by atoms with Gasteiger partial charge in [0.2, 0.25) is 0 Å².